The minimum absolute atomic E-state index is 0.0909. The lowest BCUT2D eigenvalue weighted by molar-refractivity contribution is -0.148. The summed E-state index contributed by atoms with van der Waals surface area (Å²) in [6.45, 7) is 1.70. The number of benzene rings is 1. The van der Waals surface area contributed by atoms with Gasteiger partial charge in [-0.1, -0.05) is 11.6 Å². The average Bonchev–Trinajstić information content (AvgIpc) is 2.32. The van der Waals surface area contributed by atoms with E-state index < -0.39 is 12.1 Å². The van der Waals surface area contributed by atoms with Gasteiger partial charge in [-0.25, -0.2) is 4.79 Å². The van der Waals surface area contributed by atoms with Gasteiger partial charge in [-0.3, -0.25) is 4.79 Å². The number of methoxy groups -OCH3 is 1. The predicted octanol–water partition coefficient (Wildman–Crippen LogP) is 1.48. The Kier molecular flexibility index (Phi) is 5.12. The molecular formula is C12H14ClNO4. The Hall–Kier alpha value is -1.59. The molecule has 0 fully saturated rings. The van der Waals surface area contributed by atoms with Crippen LogP contribution in [0.3, 0.4) is 0 Å². The SMILES string of the molecule is COC(CNC(=O)c1ccc(Cl)c(C)c1)C(=O)O. The van der Waals surface area contributed by atoms with Gasteiger partial charge in [-0.05, 0) is 30.7 Å². The van der Waals surface area contributed by atoms with E-state index in [2.05, 4.69) is 5.32 Å². The number of carbonyl (C=O) groups excluding carboxylic acids is 1. The van der Waals surface area contributed by atoms with Crippen molar-refractivity contribution in [2.75, 3.05) is 13.7 Å². The van der Waals surface area contributed by atoms with Gasteiger partial charge in [-0.2, -0.15) is 0 Å². The molecule has 1 rings (SSSR count). The molecule has 5 nitrogen and oxygen atoms in total. The zero-order valence-electron chi connectivity index (χ0n) is 10.1. The maximum Gasteiger partial charge on any atom is 0.334 e. The lowest BCUT2D eigenvalue weighted by atomic mass is 10.1. The predicted molar refractivity (Wildman–Crippen MR) is 67.0 cm³/mol. The van der Waals surface area contributed by atoms with Crippen LogP contribution in [0.25, 0.3) is 0 Å². The Labute approximate surface area is 110 Å². The fraction of sp³-hybridized carbons (Fsp3) is 0.333. The molecule has 98 valence electrons. The molecule has 6 heteroatoms. The number of hydrogen-bond donors (Lipinski definition) is 2. The number of halogens is 1. The number of ether oxygens (including phenoxy) is 1. The molecule has 1 aromatic rings. The van der Waals surface area contributed by atoms with Crippen LogP contribution >= 0.6 is 11.6 Å². The molecule has 1 aromatic carbocycles. The highest BCUT2D eigenvalue weighted by molar-refractivity contribution is 6.31. The number of carboxylic acid groups (broad SMARTS) is 1. The summed E-state index contributed by atoms with van der Waals surface area (Å²) in [6.07, 6.45) is -1.05. The molecule has 0 radical (unpaired) electrons. The third-order valence-electron chi connectivity index (χ3n) is 2.43. The second-order valence-corrected chi connectivity index (χ2v) is 4.14. The van der Waals surface area contributed by atoms with Crippen molar-refractivity contribution in [3.05, 3.63) is 34.3 Å². The van der Waals surface area contributed by atoms with Crippen LogP contribution in [0, 0.1) is 6.92 Å². The normalized spacial score (nSPS) is 11.9. The van der Waals surface area contributed by atoms with Crippen LogP contribution in [0.4, 0.5) is 0 Å². The van der Waals surface area contributed by atoms with E-state index in [1.807, 2.05) is 0 Å². The molecule has 0 aliphatic carbocycles. The largest absolute Gasteiger partial charge is 0.479 e. The average molecular weight is 272 g/mol. The van der Waals surface area contributed by atoms with Crippen LogP contribution < -0.4 is 5.32 Å². The summed E-state index contributed by atoms with van der Waals surface area (Å²) in [4.78, 5) is 22.4. The summed E-state index contributed by atoms with van der Waals surface area (Å²) >= 11 is 5.85. The molecule has 2 N–H and O–H groups in total. The van der Waals surface area contributed by atoms with Crippen molar-refractivity contribution < 1.29 is 19.4 Å². The maximum absolute atomic E-state index is 11.7. The minimum atomic E-state index is -1.12. The molecule has 0 heterocycles. The molecule has 0 saturated heterocycles. The standard InChI is InChI=1S/C12H14ClNO4/c1-7-5-8(3-4-9(7)13)11(15)14-6-10(18-2)12(16)17/h3-5,10H,6H2,1-2H3,(H,14,15)(H,16,17). The Bertz CT molecular complexity index is 461. The van der Waals surface area contributed by atoms with Gasteiger partial charge in [0.2, 0.25) is 0 Å². The molecule has 0 spiro atoms. The van der Waals surface area contributed by atoms with Crippen molar-refractivity contribution >= 4 is 23.5 Å². The summed E-state index contributed by atoms with van der Waals surface area (Å²) in [7, 11) is 1.28. The molecule has 1 amide bonds. The van der Waals surface area contributed by atoms with E-state index in [4.69, 9.17) is 21.4 Å². The van der Waals surface area contributed by atoms with E-state index in [1.54, 1.807) is 25.1 Å². The number of amides is 1. The molecule has 18 heavy (non-hydrogen) atoms. The van der Waals surface area contributed by atoms with Gasteiger partial charge in [0.25, 0.3) is 5.91 Å². The van der Waals surface area contributed by atoms with E-state index in [-0.39, 0.29) is 12.5 Å². The van der Waals surface area contributed by atoms with Crippen molar-refractivity contribution in [3.8, 4) is 0 Å². The zero-order chi connectivity index (χ0) is 13.7. The first kappa shape index (κ1) is 14.5. The highest BCUT2D eigenvalue weighted by Gasteiger charge is 2.17. The first-order valence-corrected chi connectivity index (χ1v) is 5.63. The second kappa shape index (κ2) is 6.37. The number of aryl methyl sites for hydroxylation is 1. The van der Waals surface area contributed by atoms with E-state index in [1.165, 1.54) is 7.11 Å². The summed E-state index contributed by atoms with van der Waals surface area (Å²) in [6, 6.07) is 4.84. The first-order valence-electron chi connectivity index (χ1n) is 5.25. The maximum atomic E-state index is 11.7. The van der Waals surface area contributed by atoms with Crippen LogP contribution in [-0.4, -0.2) is 36.7 Å². The second-order valence-electron chi connectivity index (χ2n) is 3.74. The van der Waals surface area contributed by atoms with Crippen molar-refractivity contribution in [3.63, 3.8) is 0 Å². The molecule has 0 aliphatic rings. The molecule has 1 unspecified atom stereocenters. The molecule has 0 bridgehead atoms. The summed E-state index contributed by atoms with van der Waals surface area (Å²) in [5, 5.41) is 11.8. The van der Waals surface area contributed by atoms with Crippen LogP contribution in [0.5, 0.6) is 0 Å². The van der Waals surface area contributed by atoms with Gasteiger partial charge in [-0.15, -0.1) is 0 Å². The number of rotatable bonds is 5. The van der Waals surface area contributed by atoms with Crippen molar-refractivity contribution in [2.24, 2.45) is 0 Å². The van der Waals surface area contributed by atoms with E-state index in [9.17, 15) is 9.59 Å². The van der Waals surface area contributed by atoms with Crippen molar-refractivity contribution in [1.29, 1.82) is 0 Å². The molecule has 0 saturated carbocycles. The minimum Gasteiger partial charge on any atom is -0.479 e. The van der Waals surface area contributed by atoms with Gasteiger partial charge < -0.3 is 15.2 Å². The Balaban J connectivity index is 2.65. The van der Waals surface area contributed by atoms with Gasteiger partial charge in [0.1, 0.15) is 0 Å². The monoisotopic (exact) mass is 271 g/mol. The third kappa shape index (κ3) is 3.72. The number of carbonyl (C=O) groups is 2. The fourth-order valence-electron chi connectivity index (χ4n) is 1.34. The Morgan fingerprint density at radius 1 is 1.50 bits per heavy atom. The topological polar surface area (TPSA) is 75.6 Å². The van der Waals surface area contributed by atoms with E-state index >= 15 is 0 Å². The molecular weight excluding hydrogens is 258 g/mol. The summed E-state index contributed by atoms with van der Waals surface area (Å²) in [5.41, 5.74) is 1.21. The van der Waals surface area contributed by atoms with Gasteiger partial charge in [0.15, 0.2) is 6.10 Å². The highest BCUT2D eigenvalue weighted by atomic mass is 35.5. The molecule has 1 atom stereocenters. The zero-order valence-corrected chi connectivity index (χ0v) is 10.8. The Morgan fingerprint density at radius 2 is 2.17 bits per heavy atom. The lowest BCUT2D eigenvalue weighted by Gasteiger charge is -2.11. The van der Waals surface area contributed by atoms with Crippen LogP contribution in [-0.2, 0) is 9.53 Å². The number of aliphatic carboxylic acids is 1. The summed E-state index contributed by atoms with van der Waals surface area (Å²) < 4.78 is 4.71. The van der Waals surface area contributed by atoms with Gasteiger partial charge in [0.05, 0.1) is 6.54 Å². The van der Waals surface area contributed by atoms with Crippen molar-refractivity contribution in [2.45, 2.75) is 13.0 Å². The quantitative estimate of drug-likeness (QED) is 0.850. The number of carboxylic acids is 1. The third-order valence-corrected chi connectivity index (χ3v) is 2.85. The van der Waals surface area contributed by atoms with Gasteiger partial charge >= 0.3 is 5.97 Å². The van der Waals surface area contributed by atoms with E-state index in [0.717, 1.165) is 5.56 Å². The van der Waals surface area contributed by atoms with E-state index in [0.29, 0.717) is 10.6 Å². The number of hydrogen-bond acceptors (Lipinski definition) is 3. The lowest BCUT2D eigenvalue weighted by Crippen LogP contribution is -2.37. The van der Waals surface area contributed by atoms with Gasteiger partial charge in [0, 0.05) is 17.7 Å². The summed E-state index contributed by atoms with van der Waals surface area (Å²) in [5.74, 6) is -1.48. The van der Waals surface area contributed by atoms with Crippen LogP contribution in [0.15, 0.2) is 18.2 Å². The van der Waals surface area contributed by atoms with Crippen molar-refractivity contribution in [1.82, 2.24) is 5.32 Å². The molecule has 0 aliphatic heterocycles. The van der Waals surface area contributed by atoms with Crippen LogP contribution in [0.1, 0.15) is 15.9 Å². The fourth-order valence-corrected chi connectivity index (χ4v) is 1.46. The molecule has 0 aromatic heterocycles. The smallest absolute Gasteiger partial charge is 0.334 e. The number of nitrogens with one attached hydrogen (secondary N) is 1. The highest BCUT2D eigenvalue weighted by Crippen LogP contribution is 2.16. The first-order chi connectivity index (χ1) is 8.45. The Morgan fingerprint density at radius 3 is 2.67 bits per heavy atom. The van der Waals surface area contributed by atoms with Crippen LogP contribution in [0.2, 0.25) is 5.02 Å².